The lowest BCUT2D eigenvalue weighted by molar-refractivity contribution is -0.121. The molecule has 0 bridgehead atoms. The summed E-state index contributed by atoms with van der Waals surface area (Å²) in [5.74, 6) is 0.436. The van der Waals surface area contributed by atoms with Crippen LogP contribution in [-0.4, -0.2) is 12.5 Å². The molecule has 0 spiro atoms. The maximum absolute atomic E-state index is 12.1. The van der Waals surface area contributed by atoms with E-state index in [0.717, 1.165) is 12.8 Å². The maximum atomic E-state index is 12.1. The Balaban J connectivity index is 1.55. The fourth-order valence-electron chi connectivity index (χ4n) is 3.03. The van der Waals surface area contributed by atoms with Crippen molar-refractivity contribution in [2.75, 3.05) is 6.54 Å². The number of carbonyl (C=O) groups excluding carboxylic acids is 1. The van der Waals surface area contributed by atoms with Crippen molar-refractivity contribution in [1.82, 2.24) is 5.32 Å². The van der Waals surface area contributed by atoms with E-state index in [2.05, 4.69) is 70.7 Å². The SMILES string of the molecule is O=C(CCc1ccsc1)NCCC(c1ccccc1)c1ccccc1. The minimum atomic E-state index is 0.131. The van der Waals surface area contributed by atoms with E-state index in [4.69, 9.17) is 0 Å². The second-order valence-corrected chi connectivity index (χ2v) is 6.92. The summed E-state index contributed by atoms with van der Waals surface area (Å²) in [6.45, 7) is 0.691. The van der Waals surface area contributed by atoms with Crippen molar-refractivity contribution in [2.45, 2.75) is 25.2 Å². The number of aryl methyl sites for hydroxylation is 1. The van der Waals surface area contributed by atoms with E-state index in [0.29, 0.717) is 18.9 Å². The van der Waals surface area contributed by atoms with Gasteiger partial charge in [-0.15, -0.1) is 0 Å². The lowest BCUT2D eigenvalue weighted by Gasteiger charge is -2.18. The highest BCUT2D eigenvalue weighted by Crippen LogP contribution is 2.27. The summed E-state index contributed by atoms with van der Waals surface area (Å²) in [5, 5.41) is 7.24. The molecule has 0 unspecified atom stereocenters. The Hall–Kier alpha value is -2.39. The predicted octanol–water partition coefficient (Wildman–Crippen LogP) is 5.02. The van der Waals surface area contributed by atoms with Crippen molar-refractivity contribution in [3.63, 3.8) is 0 Å². The summed E-state index contributed by atoms with van der Waals surface area (Å²) in [5.41, 5.74) is 3.83. The molecule has 0 saturated heterocycles. The van der Waals surface area contributed by atoms with Gasteiger partial charge in [0, 0.05) is 18.9 Å². The van der Waals surface area contributed by atoms with Crippen LogP contribution in [0, 0.1) is 0 Å². The first kappa shape index (κ1) is 17.4. The van der Waals surface area contributed by atoms with Gasteiger partial charge in [-0.25, -0.2) is 0 Å². The number of nitrogens with one attached hydrogen (secondary N) is 1. The lowest BCUT2D eigenvalue weighted by atomic mass is 9.88. The average Bonchev–Trinajstić information content (AvgIpc) is 3.19. The van der Waals surface area contributed by atoms with Gasteiger partial charge >= 0.3 is 0 Å². The predicted molar refractivity (Wildman–Crippen MR) is 105 cm³/mol. The quantitative estimate of drug-likeness (QED) is 0.608. The van der Waals surface area contributed by atoms with Crippen LogP contribution in [-0.2, 0) is 11.2 Å². The van der Waals surface area contributed by atoms with Crippen LogP contribution < -0.4 is 5.32 Å². The number of hydrogen-bond acceptors (Lipinski definition) is 2. The zero-order valence-electron chi connectivity index (χ0n) is 14.2. The first-order valence-corrected chi connectivity index (χ1v) is 9.65. The molecule has 0 atom stereocenters. The molecule has 1 amide bonds. The number of amides is 1. The summed E-state index contributed by atoms with van der Waals surface area (Å²) >= 11 is 1.68. The van der Waals surface area contributed by atoms with Crippen LogP contribution in [0.5, 0.6) is 0 Å². The number of rotatable bonds is 8. The van der Waals surface area contributed by atoms with Gasteiger partial charge in [-0.1, -0.05) is 60.7 Å². The summed E-state index contributed by atoms with van der Waals surface area (Å²) in [6.07, 6.45) is 2.27. The zero-order valence-corrected chi connectivity index (χ0v) is 15.0. The van der Waals surface area contributed by atoms with Crippen molar-refractivity contribution >= 4 is 17.2 Å². The van der Waals surface area contributed by atoms with Crippen molar-refractivity contribution in [3.8, 4) is 0 Å². The van der Waals surface area contributed by atoms with Gasteiger partial charge in [0.2, 0.25) is 5.91 Å². The Morgan fingerprint density at radius 3 is 2.12 bits per heavy atom. The fourth-order valence-corrected chi connectivity index (χ4v) is 3.74. The molecule has 0 aliphatic carbocycles. The first-order valence-electron chi connectivity index (χ1n) is 8.70. The van der Waals surface area contributed by atoms with E-state index in [1.54, 1.807) is 11.3 Å². The van der Waals surface area contributed by atoms with Crippen LogP contribution in [0.2, 0.25) is 0 Å². The zero-order chi connectivity index (χ0) is 17.3. The van der Waals surface area contributed by atoms with Gasteiger partial charge in [0.15, 0.2) is 0 Å². The van der Waals surface area contributed by atoms with E-state index in [1.165, 1.54) is 16.7 Å². The van der Waals surface area contributed by atoms with Crippen LogP contribution in [0.25, 0.3) is 0 Å². The van der Waals surface area contributed by atoms with Gasteiger partial charge in [0.05, 0.1) is 0 Å². The molecule has 1 aromatic heterocycles. The Labute approximate surface area is 153 Å². The molecule has 0 saturated carbocycles. The van der Waals surface area contributed by atoms with E-state index in [9.17, 15) is 4.79 Å². The molecule has 0 aliphatic heterocycles. The monoisotopic (exact) mass is 349 g/mol. The second-order valence-electron chi connectivity index (χ2n) is 6.14. The Kier molecular flexibility index (Phi) is 6.41. The highest BCUT2D eigenvalue weighted by Gasteiger charge is 2.14. The van der Waals surface area contributed by atoms with Gasteiger partial charge < -0.3 is 5.32 Å². The summed E-state index contributed by atoms with van der Waals surface area (Å²) < 4.78 is 0. The van der Waals surface area contributed by atoms with E-state index in [1.807, 2.05) is 12.1 Å². The van der Waals surface area contributed by atoms with Crippen molar-refractivity contribution in [2.24, 2.45) is 0 Å². The summed E-state index contributed by atoms with van der Waals surface area (Å²) in [6, 6.07) is 23.1. The molecule has 3 aromatic rings. The molecule has 2 aromatic carbocycles. The third-order valence-corrected chi connectivity index (χ3v) is 5.11. The molecular weight excluding hydrogens is 326 g/mol. The van der Waals surface area contributed by atoms with Crippen LogP contribution in [0.4, 0.5) is 0 Å². The van der Waals surface area contributed by atoms with Gasteiger partial charge in [-0.05, 0) is 46.4 Å². The number of benzene rings is 2. The van der Waals surface area contributed by atoms with Crippen LogP contribution in [0.1, 0.15) is 35.4 Å². The van der Waals surface area contributed by atoms with E-state index >= 15 is 0 Å². The van der Waals surface area contributed by atoms with Gasteiger partial charge in [-0.2, -0.15) is 11.3 Å². The lowest BCUT2D eigenvalue weighted by Crippen LogP contribution is -2.26. The molecular formula is C22H23NOS. The second kappa shape index (κ2) is 9.19. The van der Waals surface area contributed by atoms with Crippen molar-refractivity contribution in [3.05, 3.63) is 94.2 Å². The molecule has 128 valence electrons. The largest absolute Gasteiger partial charge is 0.356 e. The average molecular weight is 349 g/mol. The molecule has 25 heavy (non-hydrogen) atoms. The van der Waals surface area contributed by atoms with Gasteiger partial charge in [-0.3, -0.25) is 4.79 Å². The molecule has 0 radical (unpaired) electrons. The third kappa shape index (κ3) is 5.30. The Bertz CT molecular complexity index is 714. The maximum Gasteiger partial charge on any atom is 0.220 e. The van der Waals surface area contributed by atoms with E-state index < -0.39 is 0 Å². The molecule has 2 nitrogen and oxygen atoms in total. The minimum Gasteiger partial charge on any atom is -0.356 e. The molecule has 0 fully saturated rings. The van der Waals surface area contributed by atoms with E-state index in [-0.39, 0.29) is 5.91 Å². The van der Waals surface area contributed by atoms with Crippen molar-refractivity contribution < 1.29 is 4.79 Å². The first-order chi connectivity index (χ1) is 12.3. The standard InChI is InChI=1S/C22H23NOS/c24-22(12-11-18-14-16-25-17-18)23-15-13-21(19-7-3-1-4-8-19)20-9-5-2-6-10-20/h1-10,14,16-17,21H,11-13,15H2,(H,23,24). The van der Waals surface area contributed by atoms with Crippen LogP contribution >= 0.6 is 11.3 Å². The normalized spacial score (nSPS) is 10.8. The fraction of sp³-hybridized carbons (Fsp3) is 0.227. The molecule has 3 rings (SSSR count). The van der Waals surface area contributed by atoms with Crippen LogP contribution in [0.3, 0.4) is 0 Å². The number of hydrogen-bond donors (Lipinski definition) is 1. The molecule has 0 aliphatic rings. The summed E-state index contributed by atoms with van der Waals surface area (Å²) in [4.78, 5) is 12.1. The highest BCUT2D eigenvalue weighted by atomic mass is 32.1. The summed E-state index contributed by atoms with van der Waals surface area (Å²) in [7, 11) is 0. The van der Waals surface area contributed by atoms with Crippen molar-refractivity contribution in [1.29, 1.82) is 0 Å². The molecule has 3 heteroatoms. The highest BCUT2D eigenvalue weighted by molar-refractivity contribution is 7.07. The molecule has 1 N–H and O–H groups in total. The third-order valence-electron chi connectivity index (χ3n) is 4.38. The molecule has 1 heterocycles. The van der Waals surface area contributed by atoms with Gasteiger partial charge in [0.25, 0.3) is 0 Å². The minimum absolute atomic E-state index is 0.131. The Morgan fingerprint density at radius 1 is 0.920 bits per heavy atom. The van der Waals surface area contributed by atoms with Crippen LogP contribution in [0.15, 0.2) is 77.5 Å². The number of carbonyl (C=O) groups is 1. The smallest absolute Gasteiger partial charge is 0.220 e. The number of thiophene rings is 1. The van der Waals surface area contributed by atoms with Gasteiger partial charge in [0.1, 0.15) is 0 Å². The topological polar surface area (TPSA) is 29.1 Å². The Morgan fingerprint density at radius 2 is 1.56 bits per heavy atom.